The Morgan fingerprint density at radius 2 is 1.76 bits per heavy atom. The molecule has 0 aromatic rings. The van der Waals surface area contributed by atoms with Crippen molar-refractivity contribution in [2.24, 2.45) is 11.3 Å². The topological polar surface area (TPSA) is 3.24 Å². The van der Waals surface area contributed by atoms with Gasteiger partial charge in [-0.1, -0.05) is 35.2 Å². The van der Waals surface area contributed by atoms with Gasteiger partial charge in [0.05, 0.1) is 0 Å². The van der Waals surface area contributed by atoms with Gasteiger partial charge in [0, 0.05) is 17.9 Å². The Balaban J connectivity index is 1.66. The van der Waals surface area contributed by atoms with Crippen molar-refractivity contribution in [2.75, 3.05) is 18.4 Å². The van der Waals surface area contributed by atoms with Crippen molar-refractivity contribution in [3.05, 3.63) is 0 Å². The maximum absolute atomic E-state index is 3.81. The summed E-state index contributed by atoms with van der Waals surface area (Å²) < 4.78 is 0. The predicted molar refractivity (Wildman–Crippen MR) is 76.6 cm³/mol. The van der Waals surface area contributed by atoms with Crippen molar-refractivity contribution in [3.63, 3.8) is 0 Å². The van der Waals surface area contributed by atoms with Gasteiger partial charge in [0.2, 0.25) is 0 Å². The predicted octanol–water partition coefficient (Wildman–Crippen LogP) is 4.21. The molecule has 2 aliphatic carbocycles. The van der Waals surface area contributed by atoms with Crippen LogP contribution in [0.2, 0.25) is 0 Å². The third-order valence-corrected chi connectivity index (χ3v) is 6.78. The van der Waals surface area contributed by atoms with Gasteiger partial charge in [-0.15, -0.1) is 0 Å². The first-order valence-corrected chi connectivity index (χ1v) is 8.75. The van der Waals surface area contributed by atoms with Crippen LogP contribution in [0.5, 0.6) is 0 Å². The fourth-order valence-electron chi connectivity index (χ4n) is 4.64. The van der Waals surface area contributed by atoms with Gasteiger partial charge < -0.3 is 0 Å². The van der Waals surface area contributed by atoms with E-state index in [2.05, 4.69) is 20.8 Å². The molecule has 1 saturated heterocycles. The Morgan fingerprint density at radius 1 is 1.00 bits per heavy atom. The fraction of sp³-hybridized carbons (Fsp3) is 1.00. The largest absolute Gasteiger partial charge is 0.300 e. The lowest BCUT2D eigenvalue weighted by molar-refractivity contribution is 0.0694. The van der Waals surface area contributed by atoms with Crippen molar-refractivity contribution >= 4 is 15.9 Å². The van der Waals surface area contributed by atoms with Crippen molar-refractivity contribution in [1.82, 2.24) is 4.90 Å². The molecule has 0 aromatic carbocycles. The molecule has 3 rings (SSSR count). The number of piperidine rings is 1. The highest BCUT2D eigenvalue weighted by atomic mass is 79.9. The van der Waals surface area contributed by atoms with Crippen LogP contribution in [0.1, 0.15) is 57.8 Å². The molecule has 3 fully saturated rings. The summed E-state index contributed by atoms with van der Waals surface area (Å²) in [5.74, 6) is 1.05. The van der Waals surface area contributed by atoms with Crippen LogP contribution in [0.25, 0.3) is 0 Å². The first-order chi connectivity index (χ1) is 8.33. The van der Waals surface area contributed by atoms with Crippen molar-refractivity contribution in [2.45, 2.75) is 63.8 Å². The van der Waals surface area contributed by atoms with Crippen LogP contribution in [0.3, 0.4) is 0 Å². The molecule has 17 heavy (non-hydrogen) atoms. The minimum atomic E-state index is 0.629. The van der Waals surface area contributed by atoms with E-state index in [0.717, 1.165) is 12.0 Å². The molecule has 2 unspecified atom stereocenters. The first kappa shape index (κ1) is 12.5. The summed E-state index contributed by atoms with van der Waals surface area (Å²) in [5.41, 5.74) is 0.629. The molecule has 2 saturated carbocycles. The Labute approximate surface area is 114 Å². The number of hydrogen-bond acceptors (Lipinski definition) is 1. The fourth-order valence-corrected chi connectivity index (χ4v) is 5.38. The molecular weight excluding hydrogens is 274 g/mol. The van der Waals surface area contributed by atoms with Crippen LogP contribution < -0.4 is 0 Å². The van der Waals surface area contributed by atoms with Crippen molar-refractivity contribution in [1.29, 1.82) is 0 Å². The van der Waals surface area contributed by atoms with Gasteiger partial charge in [0.1, 0.15) is 0 Å². The molecule has 0 radical (unpaired) electrons. The molecule has 0 amide bonds. The molecule has 2 atom stereocenters. The molecular formula is C15H26BrN. The highest BCUT2D eigenvalue weighted by Gasteiger charge is 2.40. The molecule has 1 nitrogen and oxygen atoms in total. The minimum Gasteiger partial charge on any atom is -0.300 e. The van der Waals surface area contributed by atoms with Crippen LogP contribution in [0.15, 0.2) is 0 Å². The average molecular weight is 300 g/mol. The molecule has 0 spiro atoms. The smallest absolute Gasteiger partial charge is 0.0124 e. The number of alkyl halides is 1. The highest BCUT2D eigenvalue weighted by molar-refractivity contribution is 9.09. The second-order valence-corrected chi connectivity index (χ2v) is 7.27. The maximum atomic E-state index is 3.81. The van der Waals surface area contributed by atoms with E-state index >= 15 is 0 Å². The van der Waals surface area contributed by atoms with Gasteiger partial charge in [-0.25, -0.2) is 0 Å². The lowest BCUT2D eigenvalue weighted by Crippen LogP contribution is -2.48. The van der Waals surface area contributed by atoms with E-state index in [0.29, 0.717) is 5.41 Å². The quantitative estimate of drug-likeness (QED) is 0.706. The summed E-state index contributed by atoms with van der Waals surface area (Å²) in [6.07, 6.45) is 13.3. The Bertz CT molecular complexity index is 260. The lowest BCUT2D eigenvalue weighted by Gasteiger charge is -2.42. The number of likely N-dealkylation sites (tertiary alicyclic amines) is 1. The minimum absolute atomic E-state index is 0.629. The van der Waals surface area contributed by atoms with E-state index in [1.807, 2.05) is 0 Å². The van der Waals surface area contributed by atoms with Crippen LogP contribution in [0.4, 0.5) is 0 Å². The maximum Gasteiger partial charge on any atom is 0.0124 e. The second kappa shape index (κ2) is 5.21. The van der Waals surface area contributed by atoms with E-state index in [4.69, 9.17) is 0 Å². The molecule has 1 aliphatic heterocycles. The zero-order chi connectivity index (χ0) is 11.7. The zero-order valence-corrected chi connectivity index (χ0v) is 12.6. The normalized spacial score (nSPS) is 37.2. The van der Waals surface area contributed by atoms with Crippen molar-refractivity contribution < 1.29 is 0 Å². The van der Waals surface area contributed by atoms with E-state index in [1.54, 1.807) is 0 Å². The Kier molecular flexibility index (Phi) is 3.82. The molecule has 0 N–H and O–H groups in total. The number of nitrogens with zero attached hydrogens (tertiary/aromatic N) is 1. The standard InChI is InChI=1S/C15H26BrN/c16-11-15(8-1-2-9-15)12-17-10-4-6-13-5-3-7-14(13)17/h13-14H,1-12H2. The molecule has 2 heteroatoms. The van der Waals surface area contributed by atoms with Gasteiger partial charge in [-0.3, -0.25) is 4.90 Å². The number of fused-ring (bicyclic) bond motifs is 1. The van der Waals surface area contributed by atoms with Crippen LogP contribution in [0, 0.1) is 11.3 Å². The van der Waals surface area contributed by atoms with Gasteiger partial charge in [-0.05, 0) is 56.4 Å². The van der Waals surface area contributed by atoms with E-state index in [9.17, 15) is 0 Å². The highest BCUT2D eigenvalue weighted by Crippen LogP contribution is 2.44. The second-order valence-electron chi connectivity index (χ2n) is 6.71. The van der Waals surface area contributed by atoms with Gasteiger partial charge in [0.15, 0.2) is 0 Å². The molecule has 98 valence electrons. The summed E-state index contributed by atoms with van der Waals surface area (Å²) in [5, 5.41) is 1.23. The number of hydrogen-bond donors (Lipinski definition) is 0. The van der Waals surface area contributed by atoms with Gasteiger partial charge in [-0.2, -0.15) is 0 Å². The summed E-state index contributed by atoms with van der Waals surface area (Å²) >= 11 is 3.81. The summed E-state index contributed by atoms with van der Waals surface area (Å²) in [7, 11) is 0. The lowest BCUT2D eigenvalue weighted by atomic mass is 9.84. The SMILES string of the molecule is BrCC1(CN2CCCC3CCCC32)CCCC1. The van der Waals surface area contributed by atoms with E-state index in [1.165, 1.54) is 76.2 Å². The number of halogens is 1. The third-order valence-electron chi connectivity index (χ3n) is 5.59. The van der Waals surface area contributed by atoms with Gasteiger partial charge >= 0.3 is 0 Å². The molecule has 3 aliphatic rings. The van der Waals surface area contributed by atoms with Crippen LogP contribution in [-0.2, 0) is 0 Å². The Morgan fingerprint density at radius 3 is 2.53 bits per heavy atom. The van der Waals surface area contributed by atoms with Crippen LogP contribution >= 0.6 is 15.9 Å². The zero-order valence-electron chi connectivity index (χ0n) is 11.0. The average Bonchev–Trinajstić information content (AvgIpc) is 2.98. The first-order valence-electron chi connectivity index (χ1n) is 7.63. The van der Waals surface area contributed by atoms with Crippen molar-refractivity contribution in [3.8, 4) is 0 Å². The summed E-state index contributed by atoms with van der Waals surface area (Å²) in [6, 6.07) is 0.959. The third kappa shape index (κ3) is 2.45. The van der Waals surface area contributed by atoms with E-state index < -0.39 is 0 Å². The van der Waals surface area contributed by atoms with Gasteiger partial charge in [0.25, 0.3) is 0 Å². The summed E-state index contributed by atoms with van der Waals surface area (Å²) in [4.78, 5) is 2.88. The Hall–Kier alpha value is 0.440. The monoisotopic (exact) mass is 299 g/mol. The molecule has 1 heterocycles. The summed E-state index contributed by atoms with van der Waals surface area (Å²) in [6.45, 7) is 2.77. The molecule has 0 bridgehead atoms. The molecule has 0 aromatic heterocycles. The van der Waals surface area contributed by atoms with E-state index in [-0.39, 0.29) is 0 Å². The van der Waals surface area contributed by atoms with Crippen LogP contribution in [-0.4, -0.2) is 29.4 Å². The number of rotatable bonds is 3.